The average Bonchev–Trinajstić information content (AvgIpc) is 2.72. The quantitative estimate of drug-likeness (QED) is 0.549. The van der Waals surface area contributed by atoms with Crippen molar-refractivity contribution < 1.29 is 23.6 Å². The van der Waals surface area contributed by atoms with Crippen LogP contribution < -0.4 is 10.6 Å². The van der Waals surface area contributed by atoms with E-state index >= 15 is 0 Å². The van der Waals surface area contributed by atoms with Crippen molar-refractivity contribution in [2.45, 2.75) is 12.5 Å². The number of hydrogen-bond donors (Lipinski definition) is 3. The molecule has 0 aromatic rings. The van der Waals surface area contributed by atoms with E-state index in [-0.39, 0.29) is 13.2 Å². The second kappa shape index (κ2) is 7.32. The maximum atomic E-state index is 11.5. The first kappa shape index (κ1) is 14.9. The summed E-state index contributed by atoms with van der Waals surface area (Å²) in [5.74, 6) is -1.14. The zero-order valence-corrected chi connectivity index (χ0v) is 11.0. The number of aliphatic carboxylic acids is 1. The van der Waals surface area contributed by atoms with Crippen LogP contribution in [0.5, 0.6) is 0 Å². The third kappa shape index (κ3) is 5.01. The third-order valence-corrected chi connectivity index (χ3v) is 3.47. The average molecular weight is 278 g/mol. The molecular weight excluding hydrogens is 260 g/mol. The highest BCUT2D eigenvalue weighted by Gasteiger charge is 2.34. The summed E-state index contributed by atoms with van der Waals surface area (Å²) in [6.45, 7) is 0.745. The lowest BCUT2D eigenvalue weighted by Gasteiger charge is -2.16. The fourth-order valence-corrected chi connectivity index (χ4v) is 2.19. The van der Waals surface area contributed by atoms with Gasteiger partial charge in [0.2, 0.25) is 0 Å². The number of nitrogens with one attached hydrogen (secondary N) is 2. The molecule has 1 saturated heterocycles. The molecule has 3 atom stereocenters. The summed E-state index contributed by atoms with van der Waals surface area (Å²) in [6, 6.07) is -0.915. The SMILES string of the molecule is CS(=O)CCCNC(=O)NC1COCC1C(=O)O. The molecule has 0 radical (unpaired) electrons. The molecule has 0 saturated carbocycles. The van der Waals surface area contributed by atoms with Crippen LogP contribution >= 0.6 is 0 Å². The Hall–Kier alpha value is -1.15. The van der Waals surface area contributed by atoms with Gasteiger partial charge in [-0.1, -0.05) is 0 Å². The summed E-state index contributed by atoms with van der Waals surface area (Å²) in [4.78, 5) is 22.3. The lowest BCUT2D eigenvalue weighted by Crippen LogP contribution is -2.47. The summed E-state index contributed by atoms with van der Waals surface area (Å²) in [5, 5.41) is 14.0. The number of carbonyl (C=O) groups is 2. The molecule has 1 aliphatic rings. The highest BCUT2D eigenvalue weighted by molar-refractivity contribution is 7.84. The minimum absolute atomic E-state index is 0.120. The normalized spacial score (nSPS) is 24.5. The third-order valence-electron chi connectivity index (χ3n) is 2.61. The Labute approximate surface area is 108 Å². The molecule has 1 rings (SSSR count). The molecule has 0 spiro atoms. The Kier molecular flexibility index (Phi) is 6.06. The first-order chi connectivity index (χ1) is 8.50. The maximum absolute atomic E-state index is 11.5. The number of carboxylic acid groups (broad SMARTS) is 1. The molecule has 2 amide bonds. The number of carbonyl (C=O) groups excluding carboxylic acids is 1. The lowest BCUT2D eigenvalue weighted by molar-refractivity contribution is -0.142. The van der Waals surface area contributed by atoms with E-state index in [2.05, 4.69) is 10.6 Å². The van der Waals surface area contributed by atoms with Gasteiger partial charge in [0.1, 0.15) is 5.92 Å². The fourth-order valence-electron chi connectivity index (χ4n) is 1.64. The van der Waals surface area contributed by atoms with Crippen LogP contribution in [-0.2, 0) is 20.3 Å². The summed E-state index contributed by atoms with van der Waals surface area (Å²) < 4.78 is 15.8. The molecule has 3 unspecified atom stereocenters. The summed E-state index contributed by atoms with van der Waals surface area (Å²) in [7, 11) is -0.866. The van der Waals surface area contributed by atoms with Crippen molar-refractivity contribution in [2.75, 3.05) is 31.8 Å². The van der Waals surface area contributed by atoms with Crippen LogP contribution in [0.4, 0.5) is 4.79 Å². The van der Waals surface area contributed by atoms with Gasteiger partial charge in [0, 0.05) is 29.4 Å². The Balaban J connectivity index is 2.23. The van der Waals surface area contributed by atoms with Gasteiger partial charge in [-0.3, -0.25) is 9.00 Å². The summed E-state index contributed by atoms with van der Waals surface area (Å²) in [6.07, 6.45) is 2.23. The maximum Gasteiger partial charge on any atom is 0.315 e. The Morgan fingerprint density at radius 2 is 2.17 bits per heavy atom. The van der Waals surface area contributed by atoms with Gasteiger partial charge in [-0.15, -0.1) is 0 Å². The zero-order chi connectivity index (χ0) is 13.5. The van der Waals surface area contributed by atoms with Crippen molar-refractivity contribution in [1.29, 1.82) is 0 Å². The molecular formula is C10H18N2O5S. The molecule has 18 heavy (non-hydrogen) atoms. The van der Waals surface area contributed by atoms with Crippen molar-refractivity contribution >= 4 is 22.8 Å². The van der Waals surface area contributed by atoms with Crippen molar-refractivity contribution in [3.8, 4) is 0 Å². The Morgan fingerprint density at radius 3 is 2.78 bits per heavy atom. The molecule has 1 aliphatic heterocycles. The van der Waals surface area contributed by atoms with Crippen molar-refractivity contribution in [2.24, 2.45) is 5.92 Å². The van der Waals surface area contributed by atoms with Gasteiger partial charge in [0.25, 0.3) is 0 Å². The smallest absolute Gasteiger partial charge is 0.315 e. The lowest BCUT2D eigenvalue weighted by atomic mass is 10.0. The molecule has 1 heterocycles. The molecule has 0 bridgehead atoms. The van der Waals surface area contributed by atoms with Gasteiger partial charge in [0.05, 0.1) is 19.3 Å². The first-order valence-corrected chi connectivity index (χ1v) is 7.38. The predicted octanol–water partition coefficient (Wildman–Crippen LogP) is -0.846. The van der Waals surface area contributed by atoms with E-state index in [0.717, 1.165) is 0 Å². The van der Waals surface area contributed by atoms with Gasteiger partial charge >= 0.3 is 12.0 Å². The molecule has 104 valence electrons. The highest BCUT2D eigenvalue weighted by atomic mass is 32.2. The number of amides is 2. The van der Waals surface area contributed by atoms with E-state index in [1.54, 1.807) is 6.26 Å². The van der Waals surface area contributed by atoms with E-state index in [4.69, 9.17) is 9.84 Å². The number of hydrogen-bond acceptors (Lipinski definition) is 4. The van der Waals surface area contributed by atoms with Crippen LogP contribution in [0, 0.1) is 5.92 Å². The topological polar surface area (TPSA) is 105 Å². The highest BCUT2D eigenvalue weighted by Crippen LogP contribution is 2.13. The van der Waals surface area contributed by atoms with Crippen molar-refractivity contribution in [1.82, 2.24) is 10.6 Å². The van der Waals surface area contributed by atoms with E-state index < -0.39 is 34.8 Å². The van der Waals surface area contributed by atoms with Gasteiger partial charge in [-0.2, -0.15) is 0 Å². The zero-order valence-electron chi connectivity index (χ0n) is 10.2. The van der Waals surface area contributed by atoms with Gasteiger partial charge < -0.3 is 20.5 Å². The van der Waals surface area contributed by atoms with Crippen LogP contribution in [0.25, 0.3) is 0 Å². The molecule has 3 N–H and O–H groups in total. The van der Waals surface area contributed by atoms with Gasteiger partial charge in [0.15, 0.2) is 0 Å². The molecule has 7 nitrogen and oxygen atoms in total. The predicted molar refractivity (Wildman–Crippen MR) is 65.8 cm³/mol. The number of rotatable bonds is 6. The molecule has 8 heteroatoms. The summed E-state index contributed by atoms with van der Waals surface area (Å²) >= 11 is 0. The molecule has 0 aromatic heterocycles. The van der Waals surface area contributed by atoms with E-state index in [1.807, 2.05) is 0 Å². The Morgan fingerprint density at radius 1 is 1.44 bits per heavy atom. The van der Waals surface area contributed by atoms with Crippen molar-refractivity contribution in [3.63, 3.8) is 0 Å². The van der Waals surface area contributed by atoms with E-state index in [9.17, 15) is 13.8 Å². The first-order valence-electron chi connectivity index (χ1n) is 5.65. The fraction of sp³-hybridized carbons (Fsp3) is 0.800. The van der Waals surface area contributed by atoms with Crippen LogP contribution in [0.15, 0.2) is 0 Å². The molecule has 0 aromatic carbocycles. The second-order valence-corrected chi connectivity index (χ2v) is 5.67. The van der Waals surface area contributed by atoms with Crippen LogP contribution in [0.1, 0.15) is 6.42 Å². The molecule has 0 aliphatic carbocycles. The van der Waals surface area contributed by atoms with Gasteiger partial charge in [-0.05, 0) is 6.42 Å². The minimum atomic E-state index is -0.973. The van der Waals surface area contributed by atoms with E-state index in [0.29, 0.717) is 18.7 Å². The molecule has 1 fully saturated rings. The standard InChI is InChI=1S/C10H18N2O5S/c1-18(16)4-2-3-11-10(15)12-8-6-17-5-7(8)9(13)14/h7-8H,2-6H2,1H3,(H,13,14)(H2,11,12,15). The number of carboxylic acids is 1. The van der Waals surface area contributed by atoms with Crippen molar-refractivity contribution in [3.05, 3.63) is 0 Å². The van der Waals surface area contributed by atoms with Crippen LogP contribution in [0.2, 0.25) is 0 Å². The summed E-state index contributed by atoms with van der Waals surface area (Å²) in [5.41, 5.74) is 0. The monoisotopic (exact) mass is 278 g/mol. The number of ether oxygens (including phenoxy) is 1. The minimum Gasteiger partial charge on any atom is -0.481 e. The van der Waals surface area contributed by atoms with Crippen LogP contribution in [-0.4, -0.2) is 59.1 Å². The Bertz CT molecular complexity index is 336. The van der Waals surface area contributed by atoms with Crippen LogP contribution in [0.3, 0.4) is 0 Å². The largest absolute Gasteiger partial charge is 0.481 e. The number of urea groups is 1. The van der Waals surface area contributed by atoms with E-state index in [1.165, 1.54) is 0 Å². The van der Waals surface area contributed by atoms with Gasteiger partial charge in [-0.25, -0.2) is 4.79 Å². The second-order valence-electron chi connectivity index (χ2n) is 4.12.